The Kier molecular flexibility index (Phi) is 5.26. The molecule has 2 aromatic carbocycles. The van der Waals surface area contributed by atoms with E-state index in [1.165, 1.54) is 17.8 Å². The van der Waals surface area contributed by atoms with Gasteiger partial charge in [-0.25, -0.2) is 4.39 Å². The maximum absolute atomic E-state index is 13.7. The highest BCUT2D eigenvalue weighted by atomic mass is 35.5. The third-order valence-corrected chi connectivity index (χ3v) is 4.28. The Hall–Kier alpha value is -1.91. The van der Waals surface area contributed by atoms with Gasteiger partial charge in [-0.1, -0.05) is 48.0 Å². The Morgan fingerprint density at radius 3 is 2.43 bits per heavy atom. The SMILES string of the molecule is Fc1cccc(Cl)c1C=NN1CCN(Cc2ccccc2)CC1. The third kappa shape index (κ3) is 4.30. The third-order valence-electron chi connectivity index (χ3n) is 3.95. The Morgan fingerprint density at radius 1 is 1.00 bits per heavy atom. The summed E-state index contributed by atoms with van der Waals surface area (Å²) in [4.78, 5) is 2.40. The van der Waals surface area contributed by atoms with Crippen molar-refractivity contribution in [3.05, 3.63) is 70.5 Å². The van der Waals surface area contributed by atoms with Gasteiger partial charge < -0.3 is 0 Å². The van der Waals surface area contributed by atoms with E-state index in [0.717, 1.165) is 32.7 Å². The Morgan fingerprint density at radius 2 is 1.74 bits per heavy atom. The van der Waals surface area contributed by atoms with E-state index in [4.69, 9.17) is 11.6 Å². The van der Waals surface area contributed by atoms with Gasteiger partial charge in [0.05, 0.1) is 11.2 Å². The van der Waals surface area contributed by atoms with Crippen molar-refractivity contribution in [2.24, 2.45) is 5.10 Å². The average Bonchev–Trinajstić information content (AvgIpc) is 2.57. The number of piperazine rings is 1. The van der Waals surface area contributed by atoms with E-state index < -0.39 is 0 Å². The molecule has 1 saturated heterocycles. The first-order valence-electron chi connectivity index (χ1n) is 7.71. The second-order valence-corrected chi connectivity index (χ2v) is 6.00. The summed E-state index contributed by atoms with van der Waals surface area (Å²) in [5, 5.41) is 6.72. The van der Waals surface area contributed by atoms with Crippen LogP contribution in [0, 0.1) is 5.82 Å². The summed E-state index contributed by atoms with van der Waals surface area (Å²) >= 11 is 6.00. The lowest BCUT2D eigenvalue weighted by atomic mass is 10.2. The molecule has 0 aliphatic carbocycles. The van der Waals surface area contributed by atoms with Crippen LogP contribution in [0.5, 0.6) is 0 Å². The first-order valence-corrected chi connectivity index (χ1v) is 8.09. The molecule has 1 fully saturated rings. The monoisotopic (exact) mass is 331 g/mol. The zero-order valence-electron chi connectivity index (χ0n) is 12.8. The van der Waals surface area contributed by atoms with Gasteiger partial charge in [0.1, 0.15) is 5.82 Å². The smallest absolute Gasteiger partial charge is 0.133 e. The second kappa shape index (κ2) is 7.57. The van der Waals surface area contributed by atoms with Crippen LogP contribution in [0.25, 0.3) is 0 Å². The van der Waals surface area contributed by atoms with Gasteiger partial charge in [0.15, 0.2) is 0 Å². The van der Waals surface area contributed by atoms with Gasteiger partial charge in [-0.3, -0.25) is 9.91 Å². The van der Waals surface area contributed by atoms with E-state index in [9.17, 15) is 4.39 Å². The highest BCUT2D eigenvalue weighted by Crippen LogP contribution is 2.17. The number of rotatable bonds is 4. The first-order chi connectivity index (χ1) is 11.2. The molecule has 1 aliphatic heterocycles. The van der Waals surface area contributed by atoms with Crippen molar-refractivity contribution >= 4 is 17.8 Å². The van der Waals surface area contributed by atoms with Crippen LogP contribution in [0.3, 0.4) is 0 Å². The van der Waals surface area contributed by atoms with Crippen LogP contribution in [0.15, 0.2) is 53.6 Å². The lowest BCUT2D eigenvalue weighted by molar-refractivity contribution is 0.131. The molecule has 0 bridgehead atoms. The molecule has 23 heavy (non-hydrogen) atoms. The summed E-state index contributed by atoms with van der Waals surface area (Å²) in [7, 11) is 0. The number of hydrazone groups is 1. The Labute approximate surface area is 141 Å². The number of hydrogen-bond donors (Lipinski definition) is 0. The molecule has 3 nitrogen and oxygen atoms in total. The zero-order chi connectivity index (χ0) is 16.1. The van der Waals surface area contributed by atoms with Gasteiger partial charge in [0.2, 0.25) is 0 Å². The largest absolute Gasteiger partial charge is 0.295 e. The molecular formula is C18H19ClFN3. The fourth-order valence-electron chi connectivity index (χ4n) is 2.63. The molecule has 2 aromatic rings. The van der Waals surface area contributed by atoms with E-state index in [1.807, 2.05) is 11.1 Å². The molecule has 0 amide bonds. The van der Waals surface area contributed by atoms with Gasteiger partial charge in [-0.2, -0.15) is 5.10 Å². The molecule has 0 spiro atoms. The van der Waals surface area contributed by atoms with E-state index >= 15 is 0 Å². The summed E-state index contributed by atoms with van der Waals surface area (Å²) in [6.07, 6.45) is 1.52. The van der Waals surface area contributed by atoms with Gasteiger partial charge in [-0.15, -0.1) is 0 Å². The number of nitrogens with zero attached hydrogens (tertiary/aromatic N) is 3. The zero-order valence-corrected chi connectivity index (χ0v) is 13.6. The minimum absolute atomic E-state index is 0.344. The van der Waals surface area contributed by atoms with Gasteiger partial charge >= 0.3 is 0 Å². The van der Waals surface area contributed by atoms with Crippen molar-refractivity contribution in [3.63, 3.8) is 0 Å². The Bertz CT molecular complexity index is 647. The summed E-state index contributed by atoms with van der Waals surface area (Å²) in [6.45, 7) is 4.50. The van der Waals surface area contributed by atoms with E-state index in [2.05, 4.69) is 34.3 Å². The predicted molar refractivity (Wildman–Crippen MR) is 92.3 cm³/mol. The quantitative estimate of drug-likeness (QED) is 0.797. The van der Waals surface area contributed by atoms with Crippen molar-refractivity contribution < 1.29 is 4.39 Å². The summed E-state index contributed by atoms with van der Waals surface area (Å²) in [6, 6.07) is 15.1. The molecule has 0 unspecified atom stereocenters. The summed E-state index contributed by atoms with van der Waals surface area (Å²) in [5.74, 6) is -0.344. The maximum atomic E-state index is 13.7. The molecule has 0 atom stereocenters. The number of hydrogen-bond acceptors (Lipinski definition) is 3. The maximum Gasteiger partial charge on any atom is 0.133 e. The van der Waals surface area contributed by atoms with Crippen molar-refractivity contribution in [2.45, 2.75) is 6.54 Å². The van der Waals surface area contributed by atoms with E-state index in [-0.39, 0.29) is 5.82 Å². The minimum Gasteiger partial charge on any atom is -0.295 e. The van der Waals surface area contributed by atoms with Crippen molar-refractivity contribution in [2.75, 3.05) is 26.2 Å². The number of benzene rings is 2. The van der Waals surface area contributed by atoms with Crippen LogP contribution < -0.4 is 0 Å². The molecule has 0 N–H and O–H groups in total. The summed E-state index contributed by atoms with van der Waals surface area (Å²) < 4.78 is 13.7. The molecule has 0 radical (unpaired) electrons. The minimum atomic E-state index is -0.344. The molecule has 3 rings (SSSR count). The normalized spacial score (nSPS) is 16.2. The van der Waals surface area contributed by atoms with Crippen LogP contribution in [0.1, 0.15) is 11.1 Å². The highest BCUT2D eigenvalue weighted by molar-refractivity contribution is 6.33. The second-order valence-electron chi connectivity index (χ2n) is 5.60. The fraction of sp³-hybridized carbons (Fsp3) is 0.278. The fourth-order valence-corrected chi connectivity index (χ4v) is 2.84. The van der Waals surface area contributed by atoms with Crippen LogP contribution in [0.4, 0.5) is 4.39 Å². The lowest BCUT2D eigenvalue weighted by Crippen LogP contribution is -2.43. The molecule has 5 heteroatoms. The first kappa shape index (κ1) is 16.0. The van der Waals surface area contributed by atoms with Crippen molar-refractivity contribution in [1.29, 1.82) is 0 Å². The van der Waals surface area contributed by atoms with Crippen molar-refractivity contribution in [3.8, 4) is 0 Å². The van der Waals surface area contributed by atoms with Gasteiger partial charge in [0, 0.05) is 38.3 Å². The molecule has 1 aliphatic rings. The highest BCUT2D eigenvalue weighted by Gasteiger charge is 2.15. The summed E-state index contributed by atoms with van der Waals surface area (Å²) in [5.41, 5.74) is 1.67. The molecule has 1 heterocycles. The lowest BCUT2D eigenvalue weighted by Gasteiger charge is -2.33. The van der Waals surface area contributed by atoms with E-state index in [0.29, 0.717) is 10.6 Å². The molecule has 0 saturated carbocycles. The van der Waals surface area contributed by atoms with Gasteiger partial charge in [-0.05, 0) is 17.7 Å². The van der Waals surface area contributed by atoms with Crippen LogP contribution in [0.2, 0.25) is 5.02 Å². The predicted octanol–water partition coefficient (Wildman–Crippen LogP) is 3.63. The van der Waals surface area contributed by atoms with E-state index in [1.54, 1.807) is 12.1 Å². The topological polar surface area (TPSA) is 18.8 Å². The average molecular weight is 332 g/mol. The molecule has 0 aromatic heterocycles. The number of halogens is 2. The standard InChI is InChI=1S/C18H19ClFN3/c19-17-7-4-8-18(20)16(17)13-21-23-11-9-22(10-12-23)14-15-5-2-1-3-6-15/h1-8,13H,9-12,14H2. The molecule has 120 valence electrons. The van der Waals surface area contributed by atoms with Crippen LogP contribution in [-0.2, 0) is 6.54 Å². The van der Waals surface area contributed by atoms with Crippen molar-refractivity contribution in [1.82, 2.24) is 9.91 Å². The molecular weight excluding hydrogens is 313 g/mol. The Balaban J connectivity index is 1.54. The van der Waals surface area contributed by atoms with Crippen LogP contribution >= 0.6 is 11.6 Å². The van der Waals surface area contributed by atoms with Crippen LogP contribution in [-0.4, -0.2) is 42.3 Å². The van der Waals surface area contributed by atoms with Gasteiger partial charge in [0.25, 0.3) is 0 Å².